The Hall–Kier alpha value is -2.90. The molecule has 0 radical (unpaired) electrons. The minimum absolute atomic E-state index is 0.0457. The normalized spacial score (nSPS) is 15.5. The van der Waals surface area contributed by atoms with Crippen LogP contribution in [0.1, 0.15) is 20.7 Å². The summed E-state index contributed by atoms with van der Waals surface area (Å²) in [6, 6.07) is 18.8. The molecule has 5 nitrogen and oxygen atoms in total. The SMILES string of the molecule is C[Si]1(C)CCN(C(=O)c2ccc(C(=O)Nc3cc(-c4cccs4)ccc3N)cc2)CC1. The van der Waals surface area contributed by atoms with Crippen LogP contribution in [0.4, 0.5) is 11.4 Å². The van der Waals surface area contributed by atoms with Crippen LogP contribution in [0.25, 0.3) is 10.4 Å². The van der Waals surface area contributed by atoms with E-state index in [1.165, 1.54) is 0 Å². The zero-order chi connectivity index (χ0) is 22.0. The van der Waals surface area contributed by atoms with E-state index in [2.05, 4.69) is 18.4 Å². The lowest BCUT2D eigenvalue weighted by molar-refractivity contribution is 0.0764. The molecule has 1 aromatic heterocycles. The molecule has 0 bridgehead atoms. The summed E-state index contributed by atoms with van der Waals surface area (Å²) in [6.07, 6.45) is 0. The Morgan fingerprint density at radius 3 is 2.32 bits per heavy atom. The number of carbonyl (C=O) groups is 2. The van der Waals surface area contributed by atoms with Crippen molar-refractivity contribution in [2.45, 2.75) is 25.2 Å². The van der Waals surface area contributed by atoms with Crippen LogP contribution in [-0.2, 0) is 0 Å². The van der Waals surface area contributed by atoms with Crippen molar-refractivity contribution in [2.75, 3.05) is 24.1 Å². The summed E-state index contributed by atoms with van der Waals surface area (Å²) in [5, 5.41) is 4.91. The first kappa shape index (κ1) is 21.3. The van der Waals surface area contributed by atoms with Gasteiger partial charge in [-0.3, -0.25) is 9.59 Å². The highest BCUT2D eigenvalue weighted by Gasteiger charge is 2.29. The number of anilines is 2. The molecule has 2 amide bonds. The van der Waals surface area contributed by atoms with Gasteiger partial charge in [-0.05, 0) is 65.5 Å². The van der Waals surface area contributed by atoms with Crippen LogP contribution in [0.2, 0.25) is 25.2 Å². The van der Waals surface area contributed by atoms with Gasteiger partial charge in [0.05, 0.1) is 19.4 Å². The number of benzene rings is 2. The summed E-state index contributed by atoms with van der Waals surface area (Å²) < 4.78 is 0. The van der Waals surface area contributed by atoms with E-state index in [0.29, 0.717) is 22.5 Å². The number of nitrogen functional groups attached to an aromatic ring is 1. The average Bonchev–Trinajstić information content (AvgIpc) is 3.30. The lowest BCUT2D eigenvalue weighted by Gasteiger charge is -2.35. The Bertz CT molecular complexity index is 1080. The van der Waals surface area contributed by atoms with Crippen LogP contribution in [-0.4, -0.2) is 37.9 Å². The summed E-state index contributed by atoms with van der Waals surface area (Å²) in [4.78, 5) is 28.6. The predicted octanol–water partition coefficient (Wildman–Crippen LogP) is 5.41. The summed E-state index contributed by atoms with van der Waals surface area (Å²) >= 11 is 1.63. The van der Waals surface area contributed by atoms with E-state index >= 15 is 0 Å². The number of nitrogens with one attached hydrogen (secondary N) is 1. The molecule has 160 valence electrons. The molecule has 3 N–H and O–H groups in total. The first-order valence-corrected chi connectivity index (χ1v) is 14.8. The van der Waals surface area contributed by atoms with Gasteiger partial charge in [0.2, 0.25) is 0 Å². The van der Waals surface area contributed by atoms with Crippen LogP contribution in [0, 0.1) is 0 Å². The highest BCUT2D eigenvalue weighted by atomic mass is 32.1. The van der Waals surface area contributed by atoms with Crippen molar-refractivity contribution in [1.29, 1.82) is 0 Å². The number of rotatable bonds is 4. The third-order valence-corrected chi connectivity index (χ3v) is 9.98. The predicted molar refractivity (Wildman–Crippen MR) is 132 cm³/mol. The Kier molecular flexibility index (Phi) is 5.98. The van der Waals surface area contributed by atoms with Gasteiger partial charge in [0.25, 0.3) is 11.8 Å². The van der Waals surface area contributed by atoms with Gasteiger partial charge in [0, 0.05) is 29.1 Å². The number of thiophene rings is 1. The molecule has 4 rings (SSSR count). The highest BCUT2D eigenvalue weighted by Crippen LogP contribution is 2.30. The van der Waals surface area contributed by atoms with E-state index in [1.54, 1.807) is 41.7 Å². The number of hydrogen-bond acceptors (Lipinski definition) is 4. The van der Waals surface area contributed by atoms with E-state index in [0.717, 1.165) is 35.6 Å². The number of hydrogen-bond donors (Lipinski definition) is 2. The molecule has 31 heavy (non-hydrogen) atoms. The van der Waals surface area contributed by atoms with Crippen LogP contribution >= 0.6 is 11.3 Å². The molecule has 0 spiro atoms. The van der Waals surface area contributed by atoms with Crippen LogP contribution in [0.3, 0.4) is 0 Å². The van der Waals surface area contributed by atoms with E-state index in [9.17, 15) is 9.59 Å². The Balaban J connectivity index is 1.44. The third-order valence-electron chi connectivity index (χ3n) is 5.91. The largest absolute Gasteiger partial charge is 0.397 e. The maximum Gasteiger partial charge on any atom is 0.255 e. The second-order valence-corrected chi connectivity index (χ2v) is 15.0. The molecule has 0 atom stereocenters. The fourth-order valence-corrected chi connectivity index (χ4v) is 6.44. The first-order chi connectivity index (χ1) is 14.8. The maximum absolute atomic E-state index is 12.8. The third kappa shape index (κ3) is 4.89. The number of carbonyl (C=O) groups excluding carboxylic acids is 2. The van der Waals surface area contributed by atoms with E-state index in [1.807, 2.05) is 34.5 Å². The Labute approximate surface area is 187 Å². The minimum Gasteiger partial charge on any atom is -0.397 e. The Morgan fingerprint density at radius 1 is 1.00 bits per heavy atom. The van der Waals surface area contributed by atoms with Crippen LogP contribution in [0.5, 0.6) is 0 Å². The van der Waals surface area contributed by atoms with E-state index < -0.39 is 8.07 Å². The molecule has 2 aromatic carbocycles. The van der Waals surface area contributed by atoms with Crippen molar-refractivity contribution in [3.8, 4) is 10.4 Å². The second-order valence-electron chi connectivity index (χ2n) is 8.77. The smallest absolute Gasteiger partial charge is 0.255 e. The van der Waals surface area contributed by atoms with Crippen LogP contribution < -0.4 is 11.1 Å². The van der Waals surface area contributed by atoms with Gasteiger partial charge in [-0.15, -0.1) is 11.3 Å². The molecule has 0 saturated carbocycles. The zero-order valence-electron chi connectivity index (χ0n) is 17.9. The van der Waals surface area contributed by atoms with Crippen molar-refractivity contribution in [2.24, 2.45) is 0 Å². The van der Waals surface area contributed by atoms with Crippen molar-refractivity contribution in [3.05, 3.63) is 71.1 Å². The number of amides is 2. The quantitative estimate of drug-likeness (QED) is 0.413. The molecule has 0 aliphatic carbocycles. The first-order valence-electron chi connectivity index (χ1n) is 10.5. The summed E-state index contributed by atoms with van der Waals surface area (Å²) in [5.74, 6) is -0.205. The van der Waals surface area contributed by atoms with Gasteiger partial charge in [0.15, 0.2) is 0 Å². The van der Waals surface area contributed by atoms with Crippen molar-refractivity contribution in [3.63, 3.8) is 0 Å². The van der Waals surface area contributed by atoms with Gasteiger partial charge >= 0.3 is 0 Å². The fraction of sp³-hybridized carbons (Fsp3) is 0.250. The highest BCUT2D eigenvalue weighted by molar-refractivity contribution is 7.13. The Morgan fingerprint density at radius 2 is 1.68 bits per heavy atom. The van der Waals surface area contributed by atoms with Gasteiger partial charge in [-0.25, -0.2) is 0 Å². The lowest BCUT2D eigenvalue weighted by Crippen LogP contribution is -2.45. The molecule has 1 aliphatic heterocycles. The zero-order valence-corrected chi connectivity index (χ0v) is 19.7. The maximum atomic E-state index is 12.8. The summed E-state index contributed by atoms with van der Waals surface area (Å²) in [5.41, 5.74) is 9.29. The van der Waals surface area contributed by atoms with Crippen molar-refractivity contribution >= 4 is 42.6 Å². The summed E-state index contributed by atoms with van der Waals surface area (Å²) in [6.45, 7) is 6.43. The second kappa shape index (κ2) is 8.68. The fourth-order valence-electron chi connectivity index (χ4n) is 3.72. The molecule has 3 aromatic rings. The molecule has 2 heterocycles. The van der Waals surface area contributed by atoms with Crippen molar-refractivity contribution < 1.29 is 9.59 Å². The molecule has 7 heteroatoms. The van der Waals surface area contributed by atoms with Crippen molar-refractivity contribution in [1.82, 2.24) is 4.90 Å². The topological polar surface area (TPSA) is 75.4 Å². The molecule has 1 fully saturated rings. The molecular weight excluding hydrogens is 422 g/mol. The number of nitrogens with two attached hydrogens (primary N) is 1. The van der Waals surface area contributed by atoms with Gasteiger partial charge in [-0.1, -0.05) is 25.2 Å². The van der Waals surface area contributed by atoms with Gasteiger partial charge in [-0.2, -0.15) is 0 Å². The van der Waals surface area contributed by atoms with Crippen LogP contribution in [0.15, 0.2) is 60.0 Å². The molecule has 1 aliphatic rings. The summed E-state index contributed by atoms with van der Waals surface area (Å²) in [7, 11) is -1.12. The standard InChI is InChI=1S/C24H27N3O2SSi/c1-31(2)14-11-27(12-15-31)24(29)18-7-5-17(6-8-18)23(28)26-21-16-19(9-10-20(21)25)22-4-3-13-30-22/h3-10,13,16H,11-12,14-15,25H2,1-2H3,(H,26,28). The minimum atomic E-state index is -1.12. The monoisotopic (exact) mass is 449 g/mol. The average molecular weight is 450 g/mol. The molecular formula is C24H27N3O2SSi. The van der Waals surface area contributed by atoms with E-state index in [-0.39, 0.29) is 11.8 Å². The molecule has 0 unspecified atom stereocenters. The van der Waals surface area contributed by atoms with Gasteiger partial charge < -0.3 is 16.0 Å². The lowest BCUT2D eigenvalue weighted by atomic mass is 10.1. The molecule has 1 saturated heterocycles. The van der Waals surface area contributed by atoms with E-state index in [4.69, 9.17) is 5.73 Å². The number of nitrogens with zero attached hydrogens (tertiary/aromatic N) is 1. The van der Waals surface area contributed by atoms with Gasteiger partial charge in [0.1, 0.15) is 0 Å².